The highest BCUT2D eigenvalue weighted by Crippen LogP contribution is 2.36. The molecule has 0 spiro atoms. The van der Waals surface area contributed by atoms with Crippen LogP contribution < -0.4 is 5.32 Å². The maximum Gasteiger partial charge on any atom is 0.297 e. The first-order chi connectivity index (χ1) is 9.63. The number of nitrogens with one attached hydrogen (secondary N) is 1. The minimum absolute atomic E-state index is 0.0274. The molecular weight excluding hydrogens is 298 g/mol. The fraction of sp³-hybridized carbons (Fsp3) is 0.462. The molecule has 0 atom stereocenters. The number of fused-ring (bicyclic) bond motifs is 1. The van der Waals surface area contributed by atoms with Gasteiger partial charge in [-0.1, -0.05) is 42.2 Å². The van der Waals surface area contributed by atoms with Gasteiger partial charge in [-0.15, -0.1) is 0 Å². The molecule has 0 aliphatic heterocycles. The lowest BCUT2D eigenvalue weighted by Gasteiger charge is -2.22. The van der Waals surface area contributed by atoms with Crippen molar-refractivity contribution in [1.29, 1.82) is 0 Å². The van der Waals surface area contributed by atoms with Gasteiger partial charge in [0, 0.05) is 17.1 Å². The van der Waals surface area contributed by atoms with Crippen LogP contribution in [-0.4, -0.2) is 15.9 Å². The first-order valence-corrected chi connectivity index (χ1v) is 7.84. The standard InChI is InChI=1S/C13H14ClN3O2S/c14-8-6-10(17(18)19)12-11(7-8)20-13(16-12)15-9-4-2-1-3-5-9/h6-7,9H,1-5H2,(H,15,16). The van der Waals surface area contributed by atoms with Crippen LogP contribution in [0.1, 0.15) is 32.1 Å². The Morgan fingerprint density at radius 3 is 2.80 bits per heavy atom. The smallest absolute Gasteiger partial charge is 0.297 e. The number of hydrogen-bond acceptors (Lipinski definition) is 5. The van der Waals surface area contributed by atoms with Crippen molar-refractivity contribution in [1.82, 2.24) is 4.98 Å². The van der Waals surface area contributed by atoms with Crippen LogP contribution in [-0.2, 0) is 0 Å². The van der Waals surface area contributed by atoms with Crippen molar-refractivity contribution in [2.24, 2.45) is 0 Å². The largest absolute Gasteiger partial charge is 0.359 e. The first kappa shape index (κ1) is 13.6. The Bertz CT molecular complexity index is 652. The number of nitro groups is 1. The van der Waals surface area contributed by atoms with Gasteiger partial charge in [0.1, 0.15) is 0 Å². The Kier molecular flexibility index (Phi) is 3.76. The molecule has 1 aromatic carbocycles. The number of rotatable bonds is 3. The highest BCUT2D eigenvalue weighted by Gasteiger charge is 2.20. The molecule has 1 aliphatic carbocycles. The van der Waals surface area contributed by atoms with Crippen LogP contribution in [0, 0.1) is 10.1 Å². The number of halogens is 1. The van der Waals surface area contributed by atoms with E-state index in [0.29, 0.717) is 16.6 Å². The molecule has 7 heteroatoms. The summed E-state index contributed by atoms with van der Waals surface area (Å²) in [5, 5.41) is 15.6. The van der Waals surface area contributed by atoms with Crippen LogP contribution in [0.15, 0.2) is 12.1 Å². The highest BCUT2D eigenvalue weighted by atomic mass is 35.5. The molecule has 0 saturated heterocycles. The van der Waals surface area contributed by atoms with E-state index in [1.54, 1.807) is 6.07 Å². The van der Waals surface area contributed by atoms with Crippen LogP contribution >= 0.6 is 22.9 Å². The zero-order chi connectivity index (χ0) is 14.1. The van der Waals surface area contributed by atoms with Gasteiger partial charge in [0.25, 0.3) is 5.69 Å². The van der Waals surface area contributed by atoms with Crippen molar-refractivity contribution < 1.29 is 4.92 Å². The number of non-ortho nitro benzene ring substituents is 1. The fourth-order valence-electron chi connectivity index (χ4n) is 2.60. The second-order valence-electron chi connectivity index (χ2n) is 5.03. The molecule has 3 rings (SSSR count). The quantitative estimate of drug-likeness (QED) is 0.664. The molecule has 0 bridgehead atoms. The minimum atomic E-state index is -0.432. The Labute approximate surface area is 125 Å². The molecule has 1 N–H and O–H groups in total. The van der Waals surface area contributed by atoms with E-state index in [1.165, 1.54) is 36.7 Å². The summed E-state index contributed by atoms with van der Waals surface area (Å²) in [6, 6.07) is 3.51. The molecule has 1 aromatic heterocycles. The highest BCUT2D eigenvalue weighted by molar-refractivity contribution is 7.22. The number of nitro benzene ring substituents is 1. The summed E-state index contributed by atoms with van der Waals surface area (Å²) in [5.41, 5.74) is 0.392. The second-order valence-corrected chi connectivity index (χ2v) is 6.49. The summed E-state index contributed by atoms with van der Waals surface area (Å²) in [6.45, 7) is 0. The van der Waals surface area contributed by atoms with Crippen LogP contribution in [0.25, 0.3) is 10.2 Å². The lowest BCUT2D eigenvalue weighted by atomic mass is 9.96. The summed E-state index contributed by atoms with van der Waals surface area (Å²) in [4.78, 5) is 15.0. The van der Waals surface area contributed by atoms with Crippen molar-refractivity contribution in [3.8, 4) is 0 Å². The van der Waals surface area contributed by atoms with E-state index in [1.807, 2.05) is 0 Å². The molecule has 1 fully saturated rings. The molecule has 20 heavy (non-hydrogen) atoms. The van der Waals surface area contributed by atoms with Crippen LogP contribution in [0.5, 0.6) is 0 Å². The van der Waals surface area contributed by atoms with E-state index < -0.39 is 4.92 Å². The minimum Gasteiger partial charge on any atom is -0.359 e. The maximum atomic E-state index is 11.1. The first-order valence-electron chi connectivity index (χ1n) is 6.64. The van der Waals surface area contributed by atoms with Gasteiger partial charge >= 0.3 is 0 Å². The third kappa shape index (κ3) is 2.71. The van der Waals surface area contributed by atoms with E-state index in [9.17, 15) is 10.1 Å². The molecular formula is C13H14ClN3O2S. The van der Waals surface area contributed by atoms with Gasteiger partial charge in [-0.2, -0.15) is 0 Å². The lowest BCUT2D eigenvalue weighted by Crippen LogP contribution is -2.21. The number of hydrogen-bond donors (Lipinski definition) is 1. The lowest BCUT2D eigenvalue weighted by molar-refractivity contribution is -0.383. The molecule has 0 radical (unpaired) electrons. The topological polar surface area (TPSA) is 68.1 Å². The van der Waals surface area contributed by atoms with Crippen molar-refractivity contribution in [3.05, 3.63) is 27.3 Å². The van der Waals surface area contributed by atoms with Crippen LogP contribution in [0.4, 0.5) is 10.8 Å². The summed E-state index contributed by atoms with van der Waals surface area (Å²) in [7, 11) is 0. The van der Waals surface area contributed by atoms with Gasteiger partial charge in [0.05, 0.1) is 9.62 Å². The summed E-state index contributed by atoms with van der Waals surface area (Å²) in [6.07, 6.45) is 6.03. The van der Waals surface area contributed by atoms with Gasteiger partial charge in [-0.25, -0.2) is 4.98 Å². The SMILES string of the molecule is O=[N+]([O-])c1cc(Cl)cc2sc(NC3CCCCC3)nc12. The maximum absolute atomic E-state index is 11.1. The van der Waals surface area contributed by atoms with Gasteiger partial charge < -0.3 is 5.32 Å². The second kappa shape index (κ2) is 5.54. The third-order valence-electron chi connectivity index (χ3n) is 3.57. The van der Waals surface area contributed by atoms with Gasteiger partial charge in [0.15, 0.2) is 10.6 Å². The normalized spacial score (nSPS) is 16.4. The molecule has 0 unspecified atom stereocenters. The zero-order valence-electron chi connectivity index (χ0n) is 10.8. The van der Waals surface area contributed by atoms with Gasteiger partial charge in [0.2, 0.25) is 0 Å². The number of benzene rings is 1. The number of nitrogens with zero attached hydrogens (tertiary/aromatic N) is 2. The molecule has 2 aromatic rings. The number of aromatic nitrogens is 1. The molecule has 0 amide bonds. The average Bonchev–Trinajstić information content (AvgIpc) is 2.80. The summed E-state index contributed by atoms with van der Waals surface area (Å²) < 4.78 is 0.752. The summed E-state index contributed by atoms with van der Waals surface area (Å²) >= 11 is 7.35. The van der Waals surface area contributed by atoms with E-state index in [-0.39, 0.29) is 5.69 Å². The van der Waals surface area contributed by atoms with E-state index in [0.717, 1.165) is 22.7 Å². The van der Waals surface area contributed by atoms with E-state index >= 15 is 0 Å². The Hall–Kier alpha value is -1.40. The number of anilines is 1. The third-order valence-corrected chi connectivity index (χ3v) is 4.72. The summed E-state index contributed by atoms with van der Waals surface area (Å²) in [5.74, 6) is 0. The van der Waals surface area contributed by atoms with E-state index in [2.05, 4.69) is 10.3 Å². The van der Waals surface area contributed by atoms with Crippen molar-refractivity contribution >= 4 is 44.0 Å². The number of thiazole rings is 1. The van der Waals surface area contributed by atoms with Gasteiger partial charge in [-0.05, 0) is 18.9 Å². The zero-order valence-corrected chi connectivity index (χ0v) is 12.3. The Balaban J connectivity index is 1.93. The monoisotopic (exact) mass is 311 g/mol. The Morgan fingerprint density at radius 1 is 1.35 bits per heavy atom. The van der Waals surface area contributed by atoms with E-state index in [4.69, 9.17) is 11.6 Å². The molecule has 5 nitrogen and oxygen atoms in total. The van der Waals surface area contributed by atoms with Crippen molar-refractivity contribution in [3.63, 3.8) is 0 Å². The van der Waals surface area contributed by atoms with Crippen molar-refractivity contribution in [2.45, 2.75) is 38.1 Å². The molecule has 1 heterocycles. The predicted molar refractivity (Wildman–Crippen MR) is 81.8 cm³/mol. The average molecular weight is 312 g/mol. The van der Waals surface area contributed by atoms with Crippen LogP contribution in [0.3, 0.4) is 0 Å². The fourth-order valence-corrected chi connectivity index (χ4v) is 3.88. The van der Waals surface area contributed by atoms with Crippen molar-refractivity contribution in [2.75, 3.05) is 5.32 Å². The molecule has 1 saturated carbocycles. The van der Waals surface area contributed by atoms with Gasteiger partial charge in [-0.3, -0.25) is 10.1 Å². The Morgan fingerprint density at radius 2 is 2.10 bits per heavy atom. The van der Waals surface area contributed by atoms with Crippen LogP contribution in [0.2, 0.25) is 5.02 Å². The molecule has 106 valence electrons. The molecule has 1 aliphatic rings. The predicted octanol–water partition coefficient (Wildman–Crippen LogP) is 4.60.